The van der Waals surface area contributed by atoms with Gasteiger partial charge in [0.1, 0.15) is 0 Å². The Morgan fingerprint density at radius 2 is 1.90 bits per heavy atom. The molecule has 1 aromatic carbocycles. The minimum absolute atomic E-state index is 0.145. The Kier molecular flexibility index (Phi) is 5.76. The lowest BCUT2D eigenvalue weighted by Gasteiger charge is -2.12. The van der Waals surface area contributed by atoms with Crippen molar-refractivity contribution in [3.63, 3.8) is 0 Å². The molecule has 0 saturated heterocycles. The van der Waals surface area contributed by atoms with E-state index >= 15 is 0 Å². The van der Waals surface area contributed by atoms with E-state index in [1.54, 1.807) is 13.8 Å². The molecule has 0 bridgehead atoms. The highest BCUT2D eigenvalue weighted by Gasteiger charge is 2.21. The van der Waals surface area contributed by atoms with Crippen LogP contribution in [0.1, 0.15) is 29.6 Å². The lowest BCUT2D eigenvalue weighted by Crippen LogP contribution is -2.31. The van der Waals surface area contributed by atoms with Gasteiger partial charge in [0.05, 0.1) is 40.7 Å². The molecule has 152 valence electrons. The molecule has 9 nitrogen and oxygen atoms in total. The normalized spacial score (nSPS) is 12.0. The van der Waals surface area contributed by atoms with Crippen LogP contribution in [0, 0.1) is 36.8 Å². The van der Waals surface area contributed by atoms with Crippen LogP contribution in [0.2, 0.25) is 0 Å². The van der Waals surface area contributed by atoms with Crippen LogP contribution in [0.15, 0.2) is 36.4 Å². The van der Waals surface area contributed by atoms with Gasteiger partial charge in [0.2, 0.25) is 5.91 Å². The molecule has 0 saturated carbocycles. The fourth-order valence-electron chi connectivity index (χ4n) is 3.21. The zero-order valence-corrected chi connectivity index (χ0v) is 16.9. The molecule has 0 radical (unpaired) electrons. The molecule has 2 aromatic heterocycles. The molecule has 1 atom stereocenters. The van der Waals surface area contributed by atoms with Crippen molar-refractivity contribution < 1.29 is 9.72 Å². The lowest BCUT2D eigenvalue weighted by molar-refractivity contribution is -0.389. The Morgan fingerprint density at radius 1 is 1.21 bits per heavy atom. The van der Waals surface area contributed by atoms with Crippen LogP contribution in [0.5, 0.6) is 0 Å². The summed E-state index contributed by atoms with van der Waals surface area (Å²) in [4.78, 5) is 22.9. The van der Waals surface area contributed by atoms with Crippen molar-refractivity contribution in [1.29, 1.82) is 0 Å². The lowest BCUT2D eigenvalue weighted by atomic mass is 10.1. The van der Waals surface area contributed by atoms with E-state index in [1.807, 2.05) is 48.9 Å². The minimum Gasteiger partial charge on any atom is -0.358 e. The molecule has 0 spiro atoms. The number of nitro groups is 1. The smallest absolute Gasteiger partial charge is 0.358 e. The van der Waals surface area contributed by atoms with Crippen LogP contribution in [0.4, 0.5) is 5.82 Å². The summed E-state index contributed by atoms with van der Waals surface area (Å²) in [5.74, 6) is -0.749. The topological polar surface area (TPSA) is 108 Å². The van der Waals surface area contributed by atoms with Gasteiger partial charge >= 0.3 is 5.82 Å². The van der Waals surface area contributed by atoms with Crippen molar-refractivity contribution in [3.05, 3.63) is 69.2 Å². The third-order valence-corrected chi connectivity index (χ3v) is 4.93. The van der Waals surface area contributed by atoms with Crippen LogP contribution >= 0.6 is 0 Å². The summed E-state index contributed by atoms with van der Waals surface area (Å²) in [5, 5.41) is 22.3. The van der Waals surface area contributed by atoms with Crippen LogP contribution in [0.25, 0.3) is 5.69 Å². The molecule has 0 aliphatic carbocycles. The molecular formula is C20H24N6O3. The van der Waals surface area contributed by atoms with Crippen LogP contribution < -0.4 is 5.32 Å². The van der Waals surface area contributed by atoms with E-state index in [0.717, 1.165) is 22.6 Å². The molecular weight excluding hydrogens is 372 g/mol. The Hall–Kier alpha value is -3.49. The second-order valence-corrected chi connectivity index (χ2v) is 7.10. The maximum absolute atomic E-state index is 12.6. The van der Waals surface area contributed by atoms with Gasteiger partial charge in [-0.05, 0) is 37.8 Å². The number of rotatable bonds is 7. The minimum atomic E-state index is -0.538. The molecule has 1 unspecified atom stereocenters. The molecule has 0 fully saturated rings. The van der Waals surface area contributed by atoms with Crippen LogP contribution in [-0.4, -0.2) is 30.4 Å². The SMILES string of the molecule is Cc1nn(-c2ccccc2)c(C)c1CNC(=O)C(C)Cn1nc([N+](=O)[O-])cc1C. The second-order valence-electron chi connectivity index (χ2n) is 7.10. The van der Waals surface area contributed by atoms with Gasteiger partial charge in [0.25, 0.3) is 0 Å². The summed E-state index contributed by atoms with van der Waals surface area (Å²) in [7, 11) is 0. The van der Waals surface area contributed by atoms with Gasteiger partial charge in [-0.3, -0.25) is 4.79 Å². The number of aryl methyl sites for hydroxylation is 2. The van der Waals surface area contributed by atoms with E-state index in [1.165, 1.54) is 10.7 Å². The van der Waals surface area contributed by atoms with Gasteiger partial charge in [-0.1, -0.05) is 25.1 Å². The number of nitrogens with zero attached hydrogens (tertiary/aromatic N) is 5. The summed E-state index contributed by atoms with van der Waals surface area (Å²) >= 11 is 0. The van der Waals surface area contributed by atoms with E-state index < -0.39 is 10.8 Å². The first-order chi connectivity index (χ1) is 13.8. The highest BCUT2D eigenvalue weighted by atomic mass is 16.6. The molecule has 1 N–H and O–H groups in total. The first kappa shape index (κ1) is 20.2. The Balaban J connectivity index is 1.66. The number of para-hydroxylation sites is 1. The number of amides is 1. The van der Waals surface area contributed by atoms with Crippen molar-refractivity contribution in [3.8, 4) is 5.69 Å². The maximum Gasteiger partial charge on any atom is 0.390 e. The number of aromatic nitrogens is 4. The fraction of sp³-hybridized carbons (Fsp3) is 0.350. The quantitative estimate of drug-likeness (QED) is 0.488. The molecule has 1 amide bonds. The van der Waals surface area contributed by atoms with Crippen LogP contribution in [-0.2, 0) is 17.9 Å². The van der Waals surface area contributed by atoms with E-state index in [-0.39, 0.29) is 18.3 Å². The second kappa shape index (κ2) is 8.26. The molecule has 0 aliphatic rings. The zero-order valence-electron chi connectivity index (χ0n) is 16.9. The fourth-order valence-corrected chi connectivity index (χ4v) is 3.21. The Labute approximate surface area is 168 Å². The van der Waals surface area contributed by atoms with Crippen LogP contribution in [0.3, 0.4) is 0 Å². The summed E-state index contributed by atoms with van der Waals surface area (Å²) in [5.41, 5.74) is 4.42. The molecule has 29 heavy (non-hydrogen) atoms. The number of carbonyl (C=O) groups excluding carboxylic acids is 1. The molecule has 9 heteroatoms. The maximum atomic E-state index is 12.6. The third kappa shape index (κ3) is 4.34. The molecule has 2 heterocycles. The summed E-state index contributed by atoms with van der Waals surface area (Å²) in [6.45, 7) is 8.04. The van der Waals surface area contributed by atoms with E-state index in [2.05, 4.69) is 15.5 Å². The number of hydrogen-bond donors (Lipinski definition) is 1. The van der Waals surface area contributed by atoms with Crippen molar-refractivity contribution in [2.75, 3.05) is 0 Å². The molecule has 3 aromatic rings. The number of carbonyl (C=O) groups is 1. The average Bonchev–Trinajstić information content (AvgIpc) is 3.20. The zero-order chi connectivity index (χ0) is 21.1. The van der Waals surface area contributed by atoms with Gasteiger partial charge in [-0.2, -0.15) is 9.78 Å². The van der Waals surface area contributed by atoms with Gasteiger partial charge in [0.15, 0.2) is 0 Å². The van der Waals surface area contributed by atoms with Gasteiger partial charge in [0, 0.05) is 17.8 Å². The monoisotopic (exact) mass is 396 g/mol. The van der Waals surface area contributed by atoms with E-state index in [9.17, 15) is 14.9 Å². The average molecular weight is 396 g/mol. The molecule has 0 aliphatic heterocycles. The van der Waals surface area contributed by atoms with Gasteiger partial charge in [-0.25, -0.2) is 4.68 Å². The van der Waals surface area contributed by atoms with Gasteiger partial charge in [-0.15, -0.1) is 0 Å². The van der Waals surface area contributed by atoms with Crippen molar-refractivity contribution in [1.82, 2.24) is 24.9 Å². The largest absolute Gasteiger partial charge is 0.390 e. The summed E-state index contributed by atoms with van der Waals surface area (Å²) in [6, 6.07) is 11.2. The predicted octanol–water partition coefficient (Wildman–Crippen LogP) is 2.85. The number of hydrogen-bond acceptors (Lipinski definition) is 5. The predicted molar refractivity (Wildman–Crippen MR) is 108 cm³/mol. The first-order valence-corrected chi connectivity index (χ1v) is 9.35. The van der Waals surface area contributed by atoms with Crippen molar-refractivity contribution in [2.45, 2.75) is 40.8 Å². The first-order valence-electron chi connectivity index (χ1n) is 9.35. The Bertz CT molecular complexity index is 1040. The van der Waals surface area contributed by atoms with Gasteiger partial charge < -0.3 is 15.4 Å². The van der Waals surface area contributed by atoms with E-state index in [4.69, 9.17) is 0 Å². The third-order valence-electron chi connectivity index (χ3n) is 4.93. The Morgan fingerprint density at radius 3 is 2.52 bits per heavy atom. The molecule has 3 rings (SSSR count). The van der Waals surface area contributed by atoms with Crippen molar-refractivity contribution in [2.24, 2.45) is 5.92 Å². The number of benzene rings is 1. The highest BCUT2D eigenvalue weighted by molar-refractivity contribution is 5.78. The standard InChI is InChI=1S/C20H24N6O3/c1-13(12-24-14(2)10-19(23-24)26(28)29)20(27)21-11-18-15(3)22-25(16(18)4)17-8-6-5-7-9-17/h5-10,13H,11-12H2,1-4H3,(H,21,27). The van der Waals surface area contributed by atoms with E-state index in [0.29, 0.717) is 12.2 Å². The van der Waals surface area contributed by atoms with Crippen molar-refractivity contribution >= 4 is 11.7 Å². The number of nitrogens with one attached hydrogen (secondary N) is 1. The summed E-state index contributed by atoms with van der Waals surface area (Å²) in [6.07, 6.45) is 0. The summed E-state index contributed by atoms with van der Waals surface area (Å²) < 4.78 is 3.36. The highest BCUT2D eigenvalue weighted by Crippen LogP contribution is 2.18.